The Morgan fingerprint density at radius 1 is 0.828 bits per heavy atom. The highest BCUT2D eigenvalue weighted by molar-refractivity contribution is 6.06. The number of amides is 2. The maximum Gasteiger partial charge on any atom is 0.274 e. The number of pyridine rings is 1. The lowest BCUT2D eigenvalue weighted by molar-refractivity contribution is 0.101. The Hall–Kier alpha value is -3.94. The number of hydrogen-bond donors (Lipinski definition) is 2. The first-order chi connectivity index (χ1) is 14.0. The van der Waals surface area contributed by atoms with E-state index >= 15 is 0 Å². The van der Waals surface area contributed by atoms with Crippen molar-refractivity contribution in [1.29, 1.82) is 0 Å². The van der Waals surface area contributed by atoms with Crippen molar-refractivity contribution in [2.24, 2.45) is 0 Å². The van der Waals surface area contributed by atoms with E-state index in [2.05, 4.69) is 15.6 Å². The Morgan fingerprint density at radius 2 is 1.48 bits per heavy atom. The van der Waals surface area contributed by atoms with Gasteiger partial charge in [-0.05, 0) is 36.4 Å². The molecule has 0 bridgehead atoms. The molecule has 2 amide bonds. The van der Waals surface area contributed by atoms with Crippen molar-refractivity contribution in [2.75, 3.05) is 24.9 Å². The minimum absolute atomic E-state index is 0.0102. The van der Waals surface area contributed by atoms with Crippen LogP contribution in [0.4, 0.5) is 15.8 Å². The highest BCUT2D eigenvalue weighted by Gasteiger charge is 2.16. The summed E-state index contributed by atoms with van der Waals surface area (Å²) in [7, 11) is 2.98. The summed E-state index contributed by atoms with van der Waals surface area (Å²) in [6.45, 7) is 0. The van der Waals surface area contributed by atoms with Crippen molar-refractivity contribution in [1.82, 2.24) is 4.98 Å². The fourth-order valence-electron chi connectivity index (χ4n) is 2.53. The first kappa shape index (κ1) is 19.8. The maximum atomic E-state index is 13.7. The fourth-order valence-corrected chi connectivity index (χ4v) is 2.53. The quantitative estimate of drug-likeness (QED) is 0.664. The molecule has 2 aromatic carbocycles. The smallest absolute Gasteiger partial charge is 0.274 e. The lowest BCUT2D eigenvalue weighted by atomic mass is 10.2. The van der Waals surface area contributed by atoms with Crippen LogP contribution in [0.25, 0.3) is 0 Å². The topological polar surface area (TPSA) is 89.5 Å². The van der Waals surface area contributed by atoms with Crippen LogP contribution in [-0.4, -0.2) is 31.0 Å². The molecule has 1 heterocycles. The van der Waals surface area contributed by atoms with Crippen LogP contribution in [0, 0.1) is 5.82 Å². The second-order valence-corrected chi connectivity index (χ2v) is 5.86. The van der Waals surface area contributed by atoms with E-state index in [4.69, 9.17) is 9.47 Å². The number of carbonyl (C=O) groups is 2. The maximum absolute atomic E-state index is 13.7. The molecule has 0 unspecified atom stereocenters. The zero-order valence-electron chi connectivity index (χ0n) is 15.7. The summed E-state index contributed by atoms with van der Waals surface area (Å²) in [5.41, 5.74) is 0.393. The van der Waals surface area contributed by atoms with Gasteiger partial charge in [0.1, 0.15) is 28.7 Å². The molecule has 1 aromatic heterocycles. The first-order valence-corrected chi connectivity index (χ1v) is 8.58. The number of rotatable bonds is 6. The van der Waals surface area contributed by atoms with Crippen molar-refractivity contribution in [2.45, 2.75) is 0 Å². The molecule has 0 saturated heterocycles. The van der Waals surface area contributed by atoms with Gasteiger partial charge in [-0.1, -0.05) is 18.2 Å². The third-order valence-electron chi connectivity index (χ3n) is 3.99. The molecule has 0 spiro atoms. The van der Waals surface area contributed by atoms with Crippen LogP contribution in [0.1, 0.15) is 21.0 Å². The second kappa shape index (κ2) is 8.83. The number of carbonyl (C=O) groups excluding carboxylic acids is 2. The van der Waals surface area contributed by atoms with Gasteiger partial charge in [-0.3, -0.25) is 9.59 Å². The van der Waals surface area contributed by atoms with Gasteiger partial charge in [0.2, 0.25) is 0 Å². The van der Waals surface area contributed by atoms with Crippen LogP contribution >= 0.6 is 0 Å². The summed E-state index contributed by atoms with van der Waals surface area (Å²) in [4.78, 5) is 29.1. The highest BCUT2D eigenvalue weighted by Crippen LogP contribution is 2.29. The summed E-state index contributed by atoms with van der Waals surface area (Å²) < 4.78 is 24.1. The van der Waals surface area contributed by atoms with Crippen molar-refractivity contribution < 1.29 is 23.5 Å². The van der Waals surface area contributed by atoms with E-state index in [1.165, 1.54) is 50.6 Å². The second-order valence-electron chi connectivity index (χ2n) is 5.86. The normalized spacial score (nSPS) is 10.2. The van der Waals surface area contributed by atoms with Gasteiger partial charge in [0.05, 0.1) is 25.6 Å². The molecule has 8 heteroatoms. The van der Waals surface area contributed by atoms with Gasteiger partial charge in [-0.15, -0.1) is 0 Å². The number of hydrogen-bond acceptors (Lipinski definition) is 5. The predicted molar refractivity (Wildman–Crippen MR) is 106 cm³/mol. The van der Waals surface area contributed by atoms with Crippen LogP contribution in [-0.2, 0) is 0 Å². The standard InChI is InChI=1S/C21H18FN3O4/c1-28-13-10-11-19(29-2)18(12-13)25-21(27)17-9-5-8-16(23-17)20(26)24-15-7-4-3-6-14(15)22/h3-12H,1-2H3,(H,24,26)(H,25,27). The number of methoxy groups -OCH3 is 2. The number of benzene rings is 2. The average Bonchev–Trinajstić information content (AvgIpc) is 2.75. The molecular formula is C21H18FN3O4. The van der Waals surface area contributed by atoms with Crippen molar-refractivity contribution >= 4 is 23.2 Å². The molecule has 29 heavy (non-hydrogen) atoms. The van der Waals surface area contributed by atoms with Gasteiger partial charge in [-0.25, -0.2) is 9.37 Å². The lowest BCUT2D eigenvalue weighted by Gasteiger charge is -2.12. The Balaban J connectivity index is 1.79. The zero-order chi connectivity index (χ0) is 20.8. The molecule has 148 valence electrons. The average molecular weight is 395 g/mol. The van der Waals surface area contributed by atoms with Gasteiger partial charge in [0.25, 0.3) is 11.8 Å². The molecule has 2 N–H and O–H groups in total. The summed E-state index contributed by atoms with van der Waals surface area (Å²) >= 11 is 0. The fraction of sp³-hybridized carbons (Fsp3) is 0.0952. The predicted octanol–water partition coefficient (Wildman–Crippen LogP) is 3.74. The molecular weight excluding hydrogens is 377 g/mol. The molecule has 0 atom stereocenters. The van der Waals surface area contributed by atoms with Gasteiger partial charge >= 0.3 is 0 Å². The Morgan fingerprint density at radius 3 is 2.10 bits per heavy atom. The molecule has 0 radical (unpaired) electrons. The number of nitrogens with one attached hydrogen (secondary N) is 2. The van der Waals surface area contributed by atoms with Crippen LogP contribution < -0.4 is 20.1 Å². The van der Waals surface area contributed by atoms with E-state index in [9.17, 15) is 14.0 Å². The molecule has 0 aliphatic heterocycles. The number of aromatic nitrogens is 1. The van der Waals surface area contributed by atoms with E-state index in [0.717, 1.165) is 0 Å². The molecule has 7 nitrogen and oxygen atoms in total. The van der Waals surface area contributed by atoms with Gasteiger partial charge in [0, 0.05) is 6.07 Å². The number of halogens is 1. The first-order valence-electron chi connectivity index (χ1n) is 8.58. The Bertz CT molecular complexity index is 1060. The van der Waals surface area contributed by atoms with Gasteiger partial charge in [0.15, 0.2) is 0 Å². The number of ether oxygens (including phenoxy) is 2. The van der Waals surface area contributed by atoms with E-state index in [1.807, 2.05) is 0 Å². The van der Waals surface area contributed by atoms with Crippen LogP contribution in [0.5, 0.6) is 11.5 Å². The van der Waals surface area contributed by atoms with Crippen LogP contribution in [0.15, 0.2) is 60.7 Å². The third kappa shape index (κ3) is 4.67. The van der Waals surface area contributed by atoms with Crippen molar-refractivity contribution in [3.8, 4) is 11.5 Å². The summed E-state index contributed by atoms with van der Waals surface area (Å²) in [6, 6.07) is 15.1. The number of para-hydroxylation sites is 1. The molecule has 0 aliphatic rings. The van der Waals surface area contributed by atoms with Gasteiger partial charge < -0.3 is 20.1 Å². The van der Waals surface area contributed by atoms with Crippen molar-refractivity contribution in [3.05, 3.63) is 77.9 Å². The minimum Gasteiger partial charge on any atom is -0.497 e. The summed E-state index contributed by atoms with van der Waals surface area (Å²) in [6.07, 6.45) is 0. The molecule has 0 saturated carbocycles. The van der Waals surface area contributed by atoms with Gasteiger partial charge in [-0.2, -0.15) is 0 Å². The number of anilines is 2. The molecule has 0 aliphatic carbocycles. The van der Waals surface area contributed by atoms with Crippen molar-refractivity contribution in [3.63, 3.8) is 0 Å². The largest absolute Gasteiger partial charge is 0.497 e. The third-order valence-corrected chi connectivity index (χ3v) is 3.99. The van der Waals surface area contributed by atoms with Crippen LogP contribution in [0.2, 0.25) is 0 Å². The number of nitrogens with zero attached hydrogens (tertiary/aromatic N) is 1. The summed E-state index contributed by atoms with van der Waals surface area (Å²) in [5.74, 6) is -0.777. The molecule has 3 rings (SSSR count). The SMILES string of the molecule is COc1ccc(OC)c(NC(=O)c2cccc(C(=O)Nc3ccccc3F)n2)c1. The monoisotopic (exact) mass is 395 g/mol. The highest BCUT2D eigenvalue weighted by atomic mass is 19.1. The Kier molecular flexibility index (Phi) is 6.03. The van der Waals surface area contributed by atoms with E-state index in [1.54, 1.807) is 24.3 Å². The zero-order valence-corrected chi connectivity index (χ0v) is 15.7. The Labute approximate surface area is 166 Å². The molecule has 0 fully saturated rings. The van der Waals surface area contributed by atoms with E-state index in [0.29, 0.717) is 17.2 Å². The van der Waals surface area contributed by atoms with E-state index < -0.39 is 17.6 Å². The van der Waals surface area contributed by atoms with E-state index in [-0.39, 0.29) is 17.1 Å². The lowest BCUT2D eigenvalue weighted by Crippen LogP contribution is -2.19. The minimum atomic E-state index is -0.635. The van der Waals surface area contributed by atoms with Crippen LogP contribution in [0.3, 0.4) is 0 Å². The molecule has 3 aromatic rings. The summed E-state index contributed by atoms with van der Waals surface area (Å²) in [5, 5.41) is 5.11.